The normalized spacial score (nSPS) is 12.4. The Morgan fingerprint density at radius 2 is 1.25 bits per heavy atom. The topological polar surface area (TPSA) is 0 Å². The average Bonchev–Trinajstić information content (AvgIpc) is 2.30. The van der Waals surface area contributed by atoms with Crippen LogP contribution in [0.5, 0.6) is 0 Å². The first-order valence-electron chi connectivity index (χ1n) is 5.49. The van der Waals surface area contributed by atoms with Crippen LogP contribution in [0.15, 0.2) is 53.0 Å². The molecule has 0 aliphatic carbocycles. The van der Waals surface area contributed by atoms with Crippen LogP contribution in [0.2, 0.25) is 0 Å². The second kappa shape index (κ2) is 4.84. The van der Waals surface area contributed by atoms with Crippen LogP contribution in [0.3, 0.4) is 0 Å². The van der Waals surface area contributed by atoms with Crippen LogP contribution >= 0.6 is 15.9 Å². The van der Waals surface area contributed by atoms with Crippen LogP contribution in [-0.2, 0) is 0 Å². The first-order chi connectivity index (χ1) is 7.66. The molecule has 1 unspecified atom stereocenters. The molecule has 16 heavy (non-hydrogen) atoms. The maximum absolute atomic E-state index is 3.46. The lowest BCUT2D eigenvalue weighted by Crippen LogP contribution is -1.95. The third kappa shape index (κ3) is 2.53. The zero-order chi connectivity index (χ0) is 11.5. The highest BCUT2D eigenvalue weighted by Gasteiger charge is 2.07. The number of rotatable bonds is 2. The number of aryl methyl sites for hydroxylation is 1. The summed E-state index contributed by atoms with van der Waals surface area (Å²) in [5.74, 6) is 0.452. The maximum atomic E-state index is 3.46. The fourth-order valence-corrected chi connectivity index (χ4v) is 2.06. The number of halogens is 1. The Kier molecular flexibility index (Phi) is 3.45. The molecule has 2 rings (SSSR count). The molecule has 0 amide bonds. The van der Waals surface area contributed by atoms with E-state index < -0.39 is 0 Å². The van der Waals surface area contributed by atoms with E-state index in [1.165, 1.54) is 16.7 Å². The summed E-state index contributed by atoms with van der Waals surface area (Å²) in [6.07, 6.45) is 0. The standard InChI is InChI=1S/C15H15Br/c1-11-3-5-13(6-4-11)12(2)14-7-9-15(16)10-8-14/h3-10,12H,1-2H3. The van der Waals surface area contributed by atoms with E-state index in [1.54, 1.807) is 0 Å². The van der Waals surface area contributed by atoms with Gasteiger partial charge < -0.3 is 0 Å². The summed E-state index contributed by atoms with van der Waals surface area (Å²) in [7, 11) is 0. The summed E-state index contributed by atoms with van der Waals surface area (Å²) < 4.78 is 1.13. The van der Waals surface area contributed by atoms with E-state index in [2.05, 4.69) is 78.3 Å². The molecular weight excluding hydrogens is 260 g/mol. The highest BCUT2D eigenvalue weighted by atomic mass is 79.9. The highest BCUT2D eigenvalue weighted by molar-refractivity contribution is 9.10. The van der Waals surface area contributed by atoms with Gasteiger partial charge in [-0.15, -0.1) is 0 Å². The molecule has 0 nitrogen and oxygen atoms in total. The van der Waals surface area contributed by atoms with E-state index in [-0.39, 0.29) is 0 Å². The van der Waals surface area contributed by atoms with Crippen molar-refractivity contribution >= 4 is 15.9 Å². The van der Waals surface area contributed by atoms with E-state index >= 15 is 0 Å². The minimum atomic E-state index is 0.452. The van der Waals surface area contributed by atoms with Gasteiger partial charge in [-0.1, -0.05) is 64.8 Å². The molecule has 0 heterocycles. The Bertz CT molecular complexity index is 408. The van der Waals surface area contributed by atoms with E-state index in [1.807, 2.05) is 0 Å². The van der Waals surface area contributed by atoms with Crippen LogP contribution in [0.4, 0.5) is 0 Å². The minimum absolute atomic E-state index is 0.452. The predicted molar refractivity (Wildman–Crippen MR) is 72.8 cm³/mol. The quantitative estimate of drug-likeness (QED) is 0.730. The third-order valence-corrected chi connectivity index (χ3v) is 3.48. The first kappa shape index (κ1) is 11.4. The van der Waals surface area contributed by atoms with Gasteiger partial charge in [-0.25, -0.2) is 0 Å². The summed E-state index contributed by atoms with van der Waals surface area (Å²) in [5, 5.41) is 0. The molecule has 0 spiro atoms. The third-order valence-electron chi connectivity index (χ3n) is 2.95. The van der Waals surface area contributed by atoms with E-state index in [4.69, 9.17) is 0 Å². The molecule has 2 aromatic rings. The van der Waals surface area contributed by atoms with Crippen molar-refractivity contribution in [1.82, 2.24) is 0 Å². The molecule has 2 aromatic carbocycles. The van der Waals surface area contributed by atoms with Crippen molar-refractivity contribution in [2.24, 2.45) is 0 Å². The van der Waals surface area contributed by atoms with Crippen molar-refractivity contribution in [1.29, 1.82) is 0 Å². The summed E-state index contributed by atoms with van der Waals surface area (Å²) in [4.78, 5) is 0. The van der Waals surface area contributed by atoms with Gasteiger partial charge in [-0.2, -0.15) is 0 Å². The summed E-state index contributed by atoms with van der Waals surface area (Å²) in [6, 6.07) is 17.3. The van der Waals surface area contributed by atoms with Gasteiger partial charge >= 0.3 is 0 Å². The fraction of sp³-hybridized carbons (Fsp3) is 0.200. The monoisotopic (exact) mass is 274 g/mol. The molecule has 0 saturated heterocycles. The Balaban J connectivity index is 2.28. The maximum Gasteiger partial charge on any atom is 0.0175 e. The van der Waals surface area contributed by atoms with Crippen LogP contribution < -0.4 is 0 Å². The Hall–Kier alpha value is -1.08. The first-order valence-corrected chi connectivity index (χ1v) is 6.28. The average molecular weight is 275 g/mol. The molecule has 0 aliphatic rings. The predicted octanol–water partition coefficient (Wildman–Crippen LogP) is 4.91. The van der Waals surface area contributed by atoms with Crippen molar-refractivity contribution in [2.45, 2.75) is 19.8 Å². The molecule has 1 heteroatoms. The van der Waals surface area contributed by atoms with Gasteiger partial charge in [0.05, 0.1) is 0 Å². The Labute approximate surface area is 105 Å². The number of hydrogen-bond acceptors (Lipinski definition) is 0. The number of hydrogen-bond donors (Lipinski definition) is 0. The van der Waals surface area contributed by atoms with Crippen molar-refractivity contribution in [3.63, 3.8) is 0 Å². The molecule has 0 aliphatic heterocycles. The van der Waals surface area contributed by atoms with Crippen molar-refractivity contribution < 1.29 is 0 Å². The molecule has 0 saturated carbocycles. The van der Waals surface area contributed by atoms with Crippen molar-refractivity contribution in [3.8, 4) is 0 Å². The molecule has 0 N–H and O–H groups in total. The van der Waals surface area contributed by atoms with Gasteiger partial charge in [0.25, 0.3) is 0 Å². The lowest BCUT2D eigenvalue weighted by Gasteiger charge is -2.12. The number of benzene rings is 2. The zero-order valence-electron chi connectivity index (χ0n) is 9.57. The van der Waals surface area contributed by atoms with Gasteiger partial charge in [-0.05, 0) is 30.2 Å². The Morgan fingerprint density at radius 1 is 0.812 bits per heavy atom. The molecule has 1 atom stereocenters. The van der Waals surface area contributed by atoms with Crippen molar-refractivity contribution in [3.05, 3.63) is 69.7 Å². The van der Waals surface area contributed by atoms with Crippen LogP contribution in [0.1, 0.15) is 29.5 Å². The molecule has 0 bridgehead atoms. The molecular formula is C15H15Br. The van der Waals surface area contributed by atoms with Gasteiger partial charge in [0, 0.05) is 10.4 Å². The summed E-state index contributed by atoms with van der Waals surface area (Å²) in [6.45, 7) is 4.36. The summed E-state index contributed by atoms with van der Waals surface area (Å²) >= 11 is 3.46. The zero-order valence-corrected chi connectivity index (χ0v) is 11.2. The SMILES string of the molecule is Cc1ccc(C(C)c2ccc(Br)cc2)cc1. The van der Waals surface area contributed by atoms with E-state index in [0.717, 1.165) is 4.47 Å². The molecule has 0 aromatic heterocycles. The Morgan fingerprint density at radius 3 is 1.75 bits per heavy atom. The molecule has 82 valence electrons. The van der Waals surface area contributed by atoms with Gasteiger partial charge in [0.1, 0.15) is 0 Å². The van der Waals surface area contributed by atoms with Crippen molar-refractivity contribution in [2.75, 3.05) is 0 Å². The second-order valence-corrected chi connectivity index (χ2v) is 5.10. The van der Waals surface area contributed by atoms with E-state index in [9.17, 15) is 0 Å². The van der Waals surface area contributed by atoms with Crippen LogP contribution in [-0.4, -0.2) is 0 Å². The van der Waals surface area contributed by atoms with Gasteiger partial charge in [0.15, 0.2) is 0 Å². The smallest absolute Gasteiger partial charge is 0.0175 e. The molecule has 0 radical (unpaired) electrons. The largest absolute Gasteiger partial charge is 0.0590 e. The van der Waals surface area contributed by atoms with Crippen LogP contribution in [0.25, 0.3) is 0 Å². The second-order valence-electron chi connectivity index (χ2n) is 4.18. The lowest BCUT2D eigenvalue weighted by molar-refractivity contribution is 0.921. The summed E-state index contributed by atoms with van der Waals surface area (Å²) in [5.41, 5.74) is 4.03. The van der Waals surface area contributed by atoms with Crippen LogP contribution in [0, 0.1) is 6.92 Å². The van der Waals surface area contributed by atoms with Gasteiger partial charge in [-0.3, -0.25) is 0 Å². The molecule has 0 fully saturated rings. The highest BCUT2D eigenvalue weighted by Crippen LogP contribution is 2.25. The fourth-order valence-electron chi connectivity index (χ4n) is 1.80. The van der Waals surface area contributed by atoms with Gasteiger partial charge in [0.2, 0.25) is 0 Å². The lowest BCUT2D eigenvalue weighted by atomic mass is 9.93. The minimum Gasteiger partial charge on any atom is -0.0590 e. The van der Waals surface area contributed by atoms with E-state index in [0.29, 0.717) is 5.92 Å².